The van der Waals surface area contributed by atoms with Crippen molar-refractivity contribution in [1.82, 2.24) is 15.0 Å². The Labute approximate surface area is 180 Å². The number of rotatable bonds is 6. The molecule has 4 rings (SSSR count). The number of nitrogens with one attached hydrogen (secondary N) is 1. The molecule has 1 amide bonds. The van der Waals surface area contributed by atoms with Crippen molar-refractivity contribution in [3.05, 3.63) is 77.6 Å². The van der Waals surface area contributed by atoms with Gasteiger partial charge in [0.1, 0.15) is 16.9 Å². The van der Waals surface area contributed by atoms with E-state index in [2.05, 4.69) is 46.4 Å². The molecule has 0 aliphatic rings. The number of hydrogen-bond donors (Lipinski definition) is 1. The lowest BCUT2D eigenvalue weighted by molar-refractivity contribution is 0.102. The van der Waals surface area contributed by atoms with Crippen molar-refractivity contribution in [3.8, 4) is 5.69 Å². The van der Waals surface area contributed by atoms with Crippen molar-refractivity contribution in [3.63, 3.8) is 0 Å². The molecule has 0 bridgehead atoms. The number of fused-ring (bicyclic) bond motifs is 1. The number of aromatic nitrogens is 3. The zero-order valence-corrected chi connectivity index (χ0v) is 17.8. The second kappa shape index (κ2) is 8.55. The number of aryl methyl sites for hydroxylation is 1. The van der Waals surface area contributed by atoms with Crippen LogP contribution in [0.25, 0.3) is 16.7 Å². The number of halogens is 1. The van der Waals surface area contributed by atoms with Gasteiger partial charge in [0.25, 0.3) is 5.91 Å². The third-order valence-electron chi connectivity index (χ3n) is 5.27. The lowest BCUT2D eigenvalue weighted by Gasteiger charge is -2.20. The van der Waals surface area contributed by atoms with Gasteiger partial charge in [-0.3, -0.25) is 4.79 Å². The number of carbonyl (C=O) groups excluding carboxylic acids is 1. The summed E-state index contributed by atoms with van der Waals surface area (Å²) in [5, 5.41) is 12.0. The molecule has 1 aromatic heterocycles. The number of amides is 1. The van der Waals surface area contributed by atoms with Crippen LogP contribution in [0.1, 0.15) is 29.8 Å². The highest BCUT2D eigenvalue weighted by molar-refractivity contribution is 6.05. The fraction of sp³-hybridized carbons (Fsp3) is 0.208. The van der Waals surface area contributed by atoms with Gasteiger partial charge in [-0.25, -0.2) is 4.39 Å². The van der Waals surface area contributed by atoms with Gasteiger partial charge in [0, 0.05) is 30.0 Å². The Balaban J connectivity index is 1.61. The molecule has 0 fully saturated rings. The zero-order chi connectivity index (χ0) is 22.0. The maximum Gasteiger partial charge on any atom is 0.255 e. The van der Waals surface area contributed by atoms with Crippen LogP contribution < -0.4 is 10.2 Å². The minimum absolute atomic E-state index is 0.261. The Morgan fingerprint density at radius 3 is 2.32 bits per heavy atom. The van der Waals surface area contributed by atoms with Gasteiger partial charge in [-0.2, -0.15) is 4.80 Å². The minimum atomic E-state index is -0.449. The van der Waals surface area contributed by atoms with E-state index in [9.17, 15) is 9.18 Å². The Hall–Kier alpha value is -3.74. The van der Waals surface area contributed by atoms with E-state index in [1.165, 1.54) is 18.2 Å². The number of benzene rings is 3. The van der Waals surface area contributed by atoms with Crippen molar-refractivity contribution < 1.29 is 9.18 Å². The SMILES string of the molecule is CCN(CC)c1ccc(-n2nc3cc(C)c(NC(=O)c4cccc(F)c4)cc3n2)cc1. The van der Waals surface area contributed by atoms with Crippen molar-refractivity contribution in [1.29, 1.82) is 0 Å². The third kappa shape index (κ3) is 4.26. The molecule has 0 aliphatic heterocycles. The molecule has 6 nitrogen and oxygen atoms in total. The van der Waals surface area contributed by atoms with Crippen LogP contribution in [0.4, 0.5) is 15.8 Å². The van der Waals surface area contributed by atoms with Gasteiger partial charge in [0.2, 0.25) is 0 Å². The summed E-state index contributed by atoms with van der Waals surface area (Å²) in [4.78, 5) is 16.4. The van der Waals surface area contributed by atoms with E-state index < -0.39 is 5.82 Å². The summed E-state index contributed by atoms with van der Waals surface area (Å²) >= 11 is 0. The van der Waals surface area contributed by atoms with Crippen molar-refractivity contribution in [2.75, 3.05) is 23.3 Å². The topological polar surface area (TPSA) is 63.1 Å². The average molecular weight is 417 g/mol. The van der Waals surface area contributed by atoms with E-state index in [1.54, 1.807) is 16.9 Å². The van der Waals surface area contributed by atoms with E-state index >= 15 is 0 Å². The van der Waals surface area contributed by atoms with Gasteiger partial charge in [-0.15, -0.1) is 10.2 Å². The molecule has 4 aromatic rings. The molecule has 0 atom stereocenters. The van der Waals surface area contributed by atoms with Gasteiger partial charge in [-0.05, 0) is 80.9 Å². The van der Waals surface area contributed by atoms with Gasteiger partial charge < -0.3 is 10.2 Å². The average Bonchev–Trinajstić information content (AvgIpc) is 3.18. The van der Waals surface area contributed by atoms with Crippen LogP contribution in [0.2, 0.25) is 0 Å². The second-order valence-corrected chi connectivity index (χ2v) is 7.30. The molecular formula is C24H24FN5O. The van der Waals surface area contributed by atoms with Crippen molar-refractivity contribution in [2.24, 2.45) is 0 Å². The largest absolute Gasteiger partial charge is 0.372 e. The van der Waals surface area contributed by atoms with Crippen LogP contribution in [0.5, 0.6) is 0 Å². The van der Waals surface area contributed by atoms with Gasteiger partial charge in [0.05, 0.1) is 5.69 Å². The highest BCUT2D eigenvalue weighted by atomic mass is 19.1. The standard InChI is InChI=1S/C24H24FN5O/c1-4-29(5-2)19-9-11-20(12-10-19)30-27-22-13-16(3)21(15-23(22)28-30)26-24(31)17-7-6-8-18(25)14-17/h6-15H,4-5H2,1-3H3,(H,26,31). The fourth-order valence-electron chi connectivity index (χ4n) is 3.53. The smallest absolute Gasteiger partial charge is 0.255 e. The maximum absolute atomic E-state index is 13.4. The quantitative estimate of drug-likeness (QED) is 0.481. The summed E-state index contributed by atoms with van der Waals surface area (Å²) in [5.41, 5.74) is 5.13. The van der Waals surface area contributed by atoms with E-state index in [0.29, 0.717) is 11.2 Å². The molecule has 31 heavy (non-hydrogen) atoms. The second-order valence-electron chi connectivity index (χ2n) is 7.30. The zero-order valence-electron chi connectivity index (χ0n) is 17.8. The van der Waals surface area contributed by atoms with Crippen LogP contribution in [-0.4, -0.2) is 34.0 Å². The van der Waals surface area contributed by atoms with Gasteiger partial charge in [0.15, 0.2) is 0 Å². The number of anilines is 2. The fourth-order valence-corrected chi connectivity index (χ4v) is 3.53. The van der Waals surface area contributed by atoms with Crippen LogP contribution in [0, 0.1) is 12.7 Å². The summed E-state index contributed by atoms with van der Waals surface area (Å²) < 4.78 is 13.4. The molecule has 1 N–H and O–H groups in total. The van der Waals surface area contributed by atoms with Gasteiger partial charge in [-0.1, -0.05) is 6.07 Å². The molecule has 0 radical (unpaired) electrons. The highest BCUT2D eigenvalue weighted by Crippen LogP contribution is 2.24. The Kier molecular flexibility index (Phi) is 5.66. The van der Waals surface area contributed by atoms with Crippen LogP contribution >= 0.6 is 0 Å². The summed E-state index contributed by atoms with van der Waals surface area (Å²) in [6.07, 6.45) is 0. The molecule has 0 aliphatic carbocycles. The molecule has 0 saturated carbocycles. The summed E-state index contributed by atoms with van der Waals surface area (Å²) in [6.45, 7) is 8.04. The first-order chi connectivity index (χ1) is 15.0. The monoisotopic (exact) mass is 417 g/mol. The minimum Gasteiger partial charge on any atom is -0.372 e. The molecule has 0 spiro atoms. The Morgan fingerprint density at radius 1 is 1.00 bits per heavy atom. The number of hydrogen-bond acceptors (Lipinski definition) is 4. The van der Waals surface area contributed by atoms with E-state index in [0.717, 1.165) is 35.5 Å². The van der Waals surface area contributed by atoms with E-state index in [-0.39, 0.29) is 11.5 Å². The van der Waals surface area contributed by atoms with Crippen LogP contribution in [-0.2, 0) is 0 Å². The summed E-state index contributed by atoms with van der Waals surface area (Å²) in [5.74, 6) is -0.823. The number of nitrogens with zero attached hydrogens (tertiary/aromatic N) is 4. The normalized spacial score (nSPS) is 11.0. The molecule has 0 saturated heterocycles. The predicted molar refractivity (Wildman–Crippen MR) is 122 cm³/mol. The van der Waals surface area contributed by atoms with Crippen molar-refractivity contribution in [2.45, 2.75) is 20.8 Å². The van der Waals surface area contributed by atoms with Crippen LogP contribution in [0.3, 0.4) is 0 Å². The maximum atomic E-state index is 13.4. The van der Waals surface area contributed by atoms with Gasteiger partial charge >= 0.3 is 0 Å². The molecule has 158 valence electrons. The molecule has 1 heterocycles. The lowest BCUT2D eigenvalue weighted by atomic mass is 10.1. The Morgan fingerprint density at radius 2 is 1.68 bits per heavy atom. The molecule has 0 unspecified atom stereocenters. The summed E-state index contributed by atoms with van der Waals surface area (Å²) in [7, 11) is 0. The van der Waals surface area contributed by atoms with E-state index in [4.69, 9.17) is 0 Å². The third-order valence-corrected chi connectivity index (χ3v) is 5.27. The van der Waals surface area contributed by atoms with Crippen LogP contribution in [0.15, 0.2) is 60.7 Å². The van der Waals surface area contributed by atoms with Crippen molar-refractivity contribution >= 4 is 28.3 Å². The summed E-state index contributed by atoms with van der Waals surface area (Å²) in [6, 6.07) is 17.4. The highest BCUT2D eigenvalue weighted by Gasteiger charge is 2.13. The molecule has 3 aromatic carbocycles. The Bertz CT molecular complexity index is 1230. The number of carbonyl (C=O) groups is 1. The molecule has 7 heteroatoms. The first-order valence-corrected chi connectivity index (χ1v) is 10.3. The first kappa shape index (κ1) is 20.5. The lowest BCUT2D eigenvalue weighted by Crippen LogP contribution is -2.21. The molecular weight excluding hydrogens is 393 g/mol. The predicted octanol–water partition coefficient (Wildman–Crippen LogP) is 4.97. The van der Waals surface area contributed by atoms with E-state index in [1.807, 2.05) is 25.1 Å². The first-order valence-electron chi connectivity index (χ1n) is 10.3.